The molecular weight excluding hydrogens is 226 g/mol. The number of nitrogens with one attached hydrogen (secondary N) is 1. The number of anilines is 1. The Hall–Kier alpha value is -2.12. The smallest absolute Gasteiger partial charge is 0.308 e. The van der Waals surface area contributed by atoms with E-state index in [1.165, 1.54) is 4.90 Å². The van der Waals surface area contributed by atoms with Crippen molar-refractivity contribution in [2.45, 2.75) is 6.92 Å². The van der Waals surface area contributed by atoms with Crippen LogP contribution in [0.5, 0.6) is 0 Å². The Bertz CT molecular complexity index is 457. The third-order valence-electron chi connectivity index (χ3n) is 2.92. The van der Waals surface area contributed by atoms with Crippen LogP contribution in [0, 0.1) is 11.8 Å². The van der Waals surface area contributed by atoms with Crippen molar-refractivity contribution in [1.29, 1.82) is 0 Å². The van der Waals surface area contributed by atoms with Crippen LogP contribution >= 0.6 is 0 Å². The van der Waals surface area contributed by atoms with Gasteiger partial charge in [0.1, 0.15) is 0 Å². The molecule has 2 heterocycles. The molecule has 1 aliphatic rings. The second-order valence-electron chi connectivity index (χ2n) is 4.17. The van der Waals surface area contributed by atoms with Gasteiger partial charge in [0.15, 0.2) is 0 Å². The summed E-state index contributed by atoms with van der Waals surface area (Å²) in [5, 5.41) is 14.9. The molecule has 0 aromatic carbocycles. The first-order valence-corrected chi connectivity index (χ1v) is 5.19. The zero-order chi connectivity index (χ0) is 12.6. The van der Waals surface area contributed by atoms with Gasteiger partial charge < -0.3 is 15.7 Å². The Kier molecular flexibility index (Phi) is 2.70. The number of H-pyrrole nitrogens is 1. The van der Waals surface area contributed by atoms with Gasteiger partial charge in [0, 0.05) is 13.1 Å². The fourth-order valence-electron chi connectivity index (χ4n) is 1.97. The number of aliphatic carboxylic acids is 1. The number of nitrogens with zero attached hydrogens (tertiary/aromatic N) is 3. The van der Waals surface area contributed by atoms with Crippen molar-refractivity contribution >= 4 is 17.8 Å². The molecule has 1 aromatic heterocycles. The van der Waals surface area contributed by atoms with E-state index in [1.807, 2.05) is 0 Å². The number of amides is 1. The molecular formula is C9H13N5O3. The zero-order valence-electron chi connectivity index (χ0n) is 9.25. The first-order chi connectivity index (χ1) is 7.99. The first kappa shape index (κ1) is 11.4. The summed E-state index contributed by atoms with van der Waals surface area (Å²) in [5.74, 6) is -1.82. The summed E-state index contributed by atoms with van der Waals surface area (Å²) < 4.78 is 0. The molecule has 1 fully saturated rings. The van der Waals surface area contributed by atoms with E-state index in [-0.39, 0.29) is 30.1 Å². The van der Waals surface area contributed by atoms with Gasteiger partial charge in [0.05, 0.1) is 5.92 Å². The zero-order valence-corrected chi connectivity index (χ0v) is 9.25. The van der Waals surface area contributed by atoms with Crippen LogP contribution < -0.4 is 5.73 Å². The summed E-state index contributed by atoms with van der Waals surface area (Å²) >= 11 is 0. The highest BCUT2D eigenvalue weighted by atomic mass is 16.4. The molecule has 1 aromatic rings. The summed E-state index contributed by atoms with van der Waals surface area (Å²) in [6, 6.07) is 0. The van der Waals surface area contributed by atoms with Crippen LogP contribution in [0.15, 0.2) is 0 Å². The second kappa shape index (κ2) is 4.04. The van der Waals surface area contributed by atoms with Crippen molar-refractivity contribution in [3.63, 3.8) is 0 Å². The van der Waals surface area contributed by atoms with Gasteiger partial charge in [-0.15, -0.1) is 5.10 Å². The molecule has 0 aliphatic carbocycles. The van der Waals surface area contributed by atoms with Crippen LogP contribution in [0.4, 0.5) is 5.95 Å². The number of likely N-dealkylation sites (tertiary alicyclic amines) is 1. The van der Waals surface area contributed by atoms with Crippen molar-refractivity contribution in [2.24, 2.45) is 11.8 Å². The number of rotatable bonds is 2. The standard InChI is InChI=1S/C9H13N5O3/c1-4-2-14(3-5(4)8(16)17)7(15)6-11-9(10)13-12-6/h4-5H,2-3H2,1H3,(H,16,17)(H3,10,11,12,13). The largest absolute Gasteiger partial charge is 0.481 e. The number of hydrogen-bond acceptors (Lipinski definition) is 5. The maximum atomic E-state index is 11.9. The van der Waals surface area contributed by atoms with Crippen LogP contribution in [0.25, 0.3) is 0 Å². The van der Waals surface area contributed by atoms with E-state index in [0.717, 1.165) is 0 Å². The lowest BCUT2D eigenvalue weighted by molar-refractivity contribution is -0.142. The Morgan fingerprint density at radius 2 is 2.24 bits per heavy atom. The lowest BCUT2D eigenvalue weighted by atomic mass is 9.99. The Labute approximate surface area is 96.8 Å². The number of hydrogen-bond donors (Lipinski definition) is 3. The van der Waals surface area contributed by atoms with E-state index < -0.39 is 11.9 Å². The van der Waals surface area contributed by atoms with E-state index in [2.05, 4.69) is 15.2 Å². The molecule has 92 valence electrons. The van der Waals surface area contributed by atoms with Crippen LogP contribution in [0.2, 0.25) is 0 Å². The molecule has 4 N–H and O–H groups in total. The predicted molar refractivity (Wildman–Crippen MR) is 57.0 cm³/mol. The van der Waals surface area contributed by atoms with Crippen molar-refractivity contribution in [3.05, 3.63) is 5.82 Å². The van der Waals surface area contributed by atoms with Gasteiger partial charge in [-0.25, -0.2) is 0 Å². The Balaban J connectivity index is 2.10. The number of carboxylic acid groups (broad SMARTS) is 1. The SMILES string of the molecule is CC1CN(C(=O)c2nc(N)n[nH]2)CC1C(=O)O. The summed E-state index contributed by atoms with van der Waals surface area (Å²) in [4.78, 5) is 28.0. The van der Waals surface area contributed by atoms with Gasteiger partial charge in [0.2, 0.25) is 11.8 Å². The molecule has 0 saturated carbocycles. The van der Waals surface area contributed by atoms with Crippen LogP contribution in [-0.2, 0) is 4.79 Å². The van der Waals surface area contributed by atoms with E-state index >= 15 is 0 Å². The number of aromatic nitrogens is 3. The summed E-state index contributed by atoms with van der Waals surface area (Å²) in [6.07, 6.45) is 0. The number of carbonyl (C=O) groups is 2. The van der Waals surface area contributed by atoms with Crippen LogP contribution in [-0.4, -0.2) is 50.2 Å². The van der Waals surface area contributed by atoms with Crippen LogP contribution in [0.1, 0.15) is 17.5 Å². The van der Waals surface area contributed by atoms with Gasteiger partial charge in [-0.05, 0) is 5.92 Å². The predicted octanol–water partition coefficient (Wildman–Crippen LogP) is -0.820. The average molecular weight is 239 g/mol. The van der Waals surface area contributed by atoms with Crippen molar-refractivity contribution < 1.29 is 14.7 Å². The maximum absolute atomic E-state index is 11.9. The van der Waals surface area contributed by atoms with Gasteiger partial charge >= 0.3 is 5.97 Å². The quantitative estimate of drug-likeness (QED) is 0.619. The molecule has 8 nitrogen and oxygen atoms in total. The van der Waals surface area contributed by atoms with E-state index in [0.29, 0.717) is 6.54 Å². The molecule has 0 bridgehead atoms. The molecule has 2 unspecified atom stereocenters. The van der Waals surface area contributed by atoms with E-state index in [9.17, 15) is 9.59 Å². The average Bonchev–Trinajstić information content (AvgIpc) is 2.83. The van der Waals surface area contributed by atoms with Gasteiger partial charge in [-0.2, -0.15) is 4.98 Å². The normalized spacial score (nSPS) is 23.9. The lowest BCUT2D eigenvalue weighted by Gasteiger charge is -2.13. The molecule has 1 aliphatic heterocycles. The highest BCUT2D eigenvalue weighted by Crippen LogP contribution is 2.24. The Morgan fingerprint density at radius 3 is 2.71 bits per heavy atom. The van der Waals surface area contributed by atoms with Crippen LogP contribution in [0.3, 0.4) is 0 Å². The van der Waals surface area contributed by atoms with Crippen molar-refractivity contribution in [2.75, 3.05) is 18.8 Å². The molecule has 1 amide bonds. The molecule has 0 spiro atoms. The fraction of sp³-hybridized carbons (Fsp3) is 0.556. The third kappa shape index (κ3) is 2.05. The summed E-state index contributed by atoms with van der Waals surface area (Å²) in [5.41, 5.74) is 5.30. The Morgan fingerprint density at radius 1 is 1.53 bits per heavy atom. The van der Waals surface area contributed by atoms with Crippen molar-refractivity contribution in [1.82, 2.24) is 20.1 Å². The van der Waals surface area contributed by atoms with Gasteiger partial charge in [-0.1, -0.05) is 6.92 Å². The minimum absolute atomic E-state index is 0.00428. The number of nitrogen functional groups attached to an aromatic ring is 1. The lowest BCUT2D eigenvalue weighted by Crippen LogP contribution is -2.30. The first-order valence-electron chi connectivity index (χ1n) is 5.19. The van der Waals surface area contributed by atoms with E-state index in [1.54, 1.807) is 6.92 Å². The topological polar surface area (TPSA) is 125 Å². The van der Waals surface area contributed by atoms with Gasteiger partial charge in [0.25, 0.3) is 5.91 Å². The molecule has 2 rings (SSSR count). The highest BCUT2D eigenvalue weighted by Gasteiger charge is 2.37. The summed E-state index contributed by atoms with van der Waals surface area (Å²) in [6.45, 7) is 2.40. The number of carbonyl (C=O) groups excluding carboxylic acids is 1. The van der Waals surface area contributed by atoms with Gasteiger partial charge in [-0.3, -0.25) is 14.7 Å². The minimum Gasteiger partial charge on any atom is -0.481 e. The van der Waals surface area contributed by atoms with E-state index in [4.69, 9.17) is 10.8 Å². The molecule has 0 radical (unpaired) electrons. The maximum Gasteiger partial charge on any atom is 0.308 e. The number of nitrogens with two attached hydrogens (primary N) is 1. The highest BCUT2D eigenvalue weighted by molar-refractivity contribution is 5.91. The third-order valence-corrected chi connectivity index (χ3v) is 2.92. The molecule has 2 atom stereocenters. The minimum atomic E-state index is -0.884. The number of carboxylic acids is 1. The van der Waals surface area contributed by atoms with Crippen molar-refractivity contribution in [3.8, 4) is 0 Å². The fourth-order valence-corrected chi connectivity index (χ4v) is 1.97. The molecule has 17 heavy (non-hydrogen) atoms. The monoisotopic (exact) mass is 239 g/mol. The number of aromatic amines is 1. The second-order valence-corrected chi connectivity index (χ2v) is 4.17. The molecule has 1 saturated heterocycles. The molecule has 8 heteroatoms. The summed E-state index contributed by atoms with van der Waals surface area (Å²) in [7, 11) is 0.